The first kappa shape index (κ1) is 28.9. The van der Waals surface area contributed by atoms with E-state index in [9.17, 15) is 4.55 Å². The molecule has 0 saturated carbocycles. The van der Waals surface area contributed by atoms with Crippen molar-refractivity contribution in [2.45, 2.75) is 84.6 Å². The van der Waals surface area contributed by atoms with Crippen molar-refractivity contribution in [1.29, 1.82) is 0 Å². The molecular formula is C32H39N5OS3. The number of hydrogen-bond acceptors (Lipinski definition) is 7. The normalized spacial score (nSPS) is 19.3. The number of rotatable bonds is 7. The summed E-state index contributed by atoms with van der Waals surface area (Å²) in [7, 11) is 0. The van der Waals surface area contributed by atoms with Gasteiger partial charge in [-0.05, 0) is 63.3 Å². The quantitative estimate of drug-likeness (QED) is 0.184. The van der Waals surface area contributed by atoms with Crippen LogP contribution in [0.4, 0.5) is 5.95 Å². The Morgan fingerprint density at radius 2 is 1.68 bits per heavy atom. The number of aromatic nitrogens is 3. The van der Waals surface area contributed by atoms with Gasteiger partial charge >= 0.3 is 0 Å². The fraction of sp³-hybridized carbons (Fsp3) is 0.438. The molecule has 2 atom stereocenters. The largest absolute Gasteiger partial charge is 0.598 e. The smallest absolute Gasteiger partial charge is 0.211 e. The Bertz CT molecular complexity index is 1510. The van der Waals surface area contributed by atoms with Crippen molar-refractivity contribution in [2.24, 2.45) is 5.41 Å². The second-order valence-electron chi connectivity index (χ2n) is 12.5. The standard InChI is InChI=1S/C32H39N5OS3/c1-22(2)39-25-12-8-9-13-26(25)40-27-20-34-30(37-17-15-33-29(27)37)36-16-14-32(18-23-10-6-7-11-24(23)19-32)28(21-36)35-41(38)31(3,4)5/h6-13,15,17,20,22,28,35H,14,16,18-19,21H2,1-5H3. The van der Waals surface area contributed by atoms with Crippen LogP contribution in [0.3, 0.4) is 0 Å². The van der Waals surface area contributed by atoms with Gasteiger partial charge in [0.25, 0.3) is 0 Å². The van der Waals surface area contributed by atoms with E-state index in [1.54, 1.807) is 11.8 Å². The van der Waals surface area contributed by atoms with Crippen molar-refractivity contribution < 1.29 is 4.55 Å². The highest BCUT2D eigenvalue weighted by Crippen LogP contribution is 2.46. The molecule has 4 aromatic rings. The van der Waals surface area contributed by atoms with Crippen molar-refractivity contribution in [2.75, 3.05) is 18.0 Å². The number of piperidine rings is 1. The van der Waals surface area contributed by atoms with Gasteiger partial charge in [0, 0.05) is 63.5 Å². The lowest BCUT2D eigenvalue weighted by atomic mass is 9.72. The van der Waals surface area contributed by atoms with Gasteiger partial charge < -0.3 is 9.45 Å². The maximum Gasteiger partial charge on any atom is 0.211 e. The Kier molecular flexibility index (Phi) is 8.11. The van der Waals surface area contributed by atoms with Gasteiger partial charge in [-0.3, -0.25) is 4.40 Å². The molecule has 6 rings (SSSR count). The predicted octanol–water partition coefficient (Wildman–Crippen LogP) is 6.80. The first-order valence-corrected chi connectivity index (χ1v) is 17.2. The van der Waals surface area contributed by atoms with Crippen LogP contribution < -0.4 is 9.62 Å². The minimum Gasteiger partial charge on any atom is -0.598 e. The molecule has 0 bridgehead atoms. The first-order chi connectivity index (χ1) is 19.6. The third-order valence-corrected chi connectivity index (χ3v) is 12.0. The maximum absolute atomic E-state index is 13.4. The van der Waals surface area contributed by atoms with Crippen LogP contribution >= 0.6 is 23.5 Å². The first-order valence-electron chi connectivity index (χ1n) is 14.4. The van der Waals surface area contributed by atoms with Crippen molar-refractivity contribution in [3.8, 4) is 0 Å². The summed E-state index contributed by atoms with van der Waals surface area (Å²) in [6.07, 6.45) is 8.91. The lowest BCUT2D eigenvalue weighted by molar-refractivity contribution is 0.179. The number of imidazole rings is 1. The molecule has 1 fully saturated rings. The zero-order chi connectivity index (χ0) is 28.8. The van der Waals surface area contributed by atoms with Gasteiger partial charge in [0.15, 0.2) is 5.65 Å². The highest BCUT2D eigenvalue weighted by Gasteiger charge is 2.50. The molecule has 1 saturated heterocycles. The molecule has 41 heavy (non-hydrogen) atoms. The SMILES string of the molecule is CC(C)Sc1ccccc1Sc1cnc(N2CCC3(Cc4ccccc4C3)C(N[S+]([O-])C(C)(C)C)C2)n2ccnc12. The average molecular weight is 606 g/mol. The van der Waals surface area contributed by atoms with E-state index in [1.807, 2.05) is 51.1 Å². The Balaban J connectivity index is 1.30. The number of nitrogens with zero attached hydrogens (tertiary/aromatic N) is 4. The monoisotopic (exact) mass is 605 g/mol. The van der Waals surface area contributed by atoms with Crippen LogP contribution in [-0.4, -0.2) is 48.0 Å². The number of hydrogen-bond donors (Lipinski definition) is 1. The third-order valence-electron chi connectivity index (χ3n) is 8.12. The van der Waals surface area contributed by atoms with E-state index in [2.05, 4.69) is 76.4 Å². The van der Waals surface area contributed by atoms with E-state index < -0.39 is 11.4 Å². The zero-order valence-electron chi connectivity index (χ0n) is 24.5. The Hall–Kier alpha value is -2.17. The predicted molar refractivity (Wildman–Crippen MR) is 172 cm³/mol. The Morgan fingerprint density at radius 1 is 1.00 bits per heavy atom. The molecule has 6 nitrogen and oxygen atoms in total. The molecule has 1 aliphatic carbocycles. The molecule has 1 aliphatic heterocycles. The van der Waals surface area contributed by atoms with Gasteiger partial charge in [0.2, 0.25) is 5.95 Å². The number of anilines is 1. The Morgan fingerprint density at radius 3 is 2.37 bits per heavy atom. The van der Waals surface area contributed by atoms with E-state index in [0.29, 0.717) is 5.25 Å². The van der Waals surface area contributed by atoms with Gasteiger partial charge in [-0.15, -0.1) is 16.5 Å². The topological polar surface area (TPSA) is 68.5 Å². The number of fused-ring (bicyclic) bond motifs is 2. The second kappa shape index (κ2) is 11.5. The highest BCUT2D eigenvalue weighted by molar-refractivity contribution is 8.02. The Labute approximate surface area is 255 Å². The third kappa shape index (κ3) is 5.89. The molecule has 2 aliphatic rings. The molecule has 2 aromatic heterocycles. The number of benzene rings is 2. The van der Waals surface area contributed by atoms with E-state index in [4.69, 9.17) is 9.97 Å². The summed E-state index contributed by atoms with van der Waals surface area (Å²) in [4.78, 5) is 15.7. The maximum atomic E-state index is 13.4. The number of nitrogens with one attached hydrogen (secondary N) is 1. The lowest BCUT2D eigenvalue weighted by Gasteiger charge is -2.46. The molecule has 1 spiro atoms. The minimum atomic E-state index is -1.17. The summed E-state index contributed by atoms with van der Waals surface area (Å²) in [5.74, 6) is 0.894. The molecule has 2 unspecified atom stereocenters. The van der Waals surface area contributed by atoms with Crippen LogP contribution in [0.5, 0.6) is 0 Å². The summed E-state index contributed by atoms with van der Waals surface area (Å²) < 4.78 is 18.8. The zero-order valence-corrected chi connectivity index (χ0v) is 26.9. The summed E-state index contributed by atoms with van der Waals surface area (Å²) in [6.45, 7) is 12.2. The second-order valence-corrected chi connectivity index (χ2v) is 17.2. The van der Waals surface area contributed by atoms with Crippen LogP contribution in [0.2, 0.25) is 0 Å². The summed E-state index contributed by atoms with van der Waals surface area (Å²) in [5, 5.41) is 0.507. The lowest BCUT2D eigenvalue weighted by Crippen LogP contribution is -2.61. The average Bonchev–Trinajstić information content (AvgIpc) is 3.56. The van der Waals surface area contributed by atoms with Gasteiger partial charge in [0.05, 0.1) is 10.9 Å². The van der Waals surface area contributed by atoms with E-state index in [-0.39, 0.29) is 16.2 Å². The molecular weight excluding hydrogens is 567 g/mol. The molecule has 1 N–H and O–H groups in total. The van der Waals surface area contributed by atoms with Crippen LogP contribution in [0.1, 0.15) is 52.2 Å². The van der Waals surface area contributed by atoms with Crippen molar-refractivity contribution in [1.82, 2.24) is 19.1 Å². The molecule has 3 heterocycles. The minimum absolute atomic E-state index is 0.0444. The van der Waals surface area contributed by atoms with Crippen LogP contribution in [0.15, 0.2) is 81.8 Å². The van der Waals surface area contributed by atoms with Gasteiger partial charge in [0.1, 0.15) is 4.75 Å². The number of thioether (sulfide) groups is 1. The fourth-order valence-corrected chi connectivity index (χ4v) is 8.98. The van der Waals surface area contributed by atoms with Gasteiger partial charge in [-0.2, -0.15) is 0 Å². The summed E-state index contributed by atoms with van der Waals surface area (Å²) in [6, 6.07) is 17.4. The van der Waals surface area contributed by atoms with Crippen molar-refractivity contribution in [3.05, 3.63) is 78.2 Å². The van der Waals surface area contributed by atoms with Crippen molar-refractivity contribution in [3.63, 3.8) is 0 Å². The fourth-order valence-electron chi connectivity index (χ4n) is 6.03. The van der Waals surface area contributed by atoms with Crippen LogP contribution in [-0.2, 0) is 24.2 Å². The molecule has 9 heteroatoms. The summed E-state index contributed by atoms with van der Waals surface area (Å²) >= 11 is 2.44. The molecule has 2 aromatic carbocycles. The van der Waals surface area contributed by atoms with Crippen LogP contribution in [0, 0.1) is 5.41 Å². The molecule has 216 valence electrons. The molecule has 0 radical (unpaired) electrons. The van der Waals surface area contributed by atoms with E-state index in [1.165, 1.54) is 20.9 Å². The van der Waals surface area contributed by atoms with E-state index >= 15 is 0 Å². The summed E-state index contributed by atoms with van der Waals surface area (Å²) in [5.41, 5.74) is 3.83. The van der Waals surface area contributed by atoms with Gasteiger partial charge in [-0.1, -0.05) is 62.0 Å². The molecule has 0 amide bonds. The van der Waals surface area contributed by atoms with Crippen LogP contribution in [0.25, 0.3) is 5.65 Å². The highest BCUT2D eigenvalue weighted by atomic mass is 32.2. The van der Waals surface area contributed by atoms with Crippen molar-refractivity contribution >= 4 is 46.5 Å². The van der Waals surface area contributed by atoms with E-state index in [0.717, 1.165) is 48.8 Å². The van der Waals surface area contributed by atoms with Gasteiger partial charge in [-0.25, -0.2) is 9.97 Å².